The van der Waals surface area contributed by atoms with E-state index in [1.807, 2.05) is 0 Å². The van der Waals surface area contributed by atoms with Crippen LogP contribution >= 0.6 is 7.26 Å². The van der Waals surface area contributed by atoms with Gasteiger partial charge in [0, 0.05) is 5.39 Å². The topological polar surface area (TPSA) is 0 Å². The smallest absolute Gasteiger partial charge is 0.145 e. The molecular weight excluding hydrogens is 459 g/mol. The van der Waals surface area contributed by atoms with E-state index in [4.69, 9.17) is 0 Å². The Kier molecular flexibility index (Phi) is 6.37. The highest BCUT2D eigenvalue weighted by atomic mass is 79.9. The molecule has 0 fully saturated rings. The largest absolute Gasteiger partial charge is 1.00 e. The summed E-state index contributed by atoms with van der Waals surface area (Å²) >= 11 is 0. The van der Waals surface area contributed by atoms with Gasteiger partial charge in [-0.3, -0.25) is 0 Å². The Morgan fingerprint density at radius 2 is 0.871 bits per heavy atom. The molecule has 0 aliphatic heterocycles. The molecule has 0 aromatic heterocycles. The quantitative estimate of drug-likeness (QED) is 0.345. The molecule has 0 heterocycles. The Hall–Kier alpha value is -2.73. The molecule has 152 valence electrons. The molecule has 0 nitrogen and oxygen atoms in total. The number of hydrogen-bond acceptors (Lipinski definition) is 0. The molecular formula is C29H24BrP. The van der Waals surface area contributed by atoms with Gasteiger partial charge in [-0.05, 0) is 54.3 Å². The molecule has 2 heteroatoms. The lowest BCUT2D eigenvalue weighted by Gasteiger charge is -2.29. The summed E-state index contributed by atoms with van der Waals surface area (Å²) in [5, 5.41) is 8.28. The molecule has 0 N–H and O–H groups in total. The van der Waals surface area contributed by atoms with Crippen LogP contribution in [0.2, 0.25) is 0 Å². The van der Waals surface area contributed by atoms with Gasteiger partial charge >= 0.3 is 0 Å². The first-order valence-electron chi connectivity index (χ1n) is 10.4. The van der Waals surface area contributed by atoms with Gasteiger partial charge in [0.15, 0.2) is 0 Å². The number of halogens is 1. The lowest BCUT2D eigenvalue weighted by atomic mass is 10.1. The molecule has 0 aliphatic rings. The zero-order valence-electron chi connectivity index (χ0n) is 17.4. The van der Waals surface area contributed by atoms with E-state index < -0.39 is 7.26 Å². The number of fused-ring (bicyclic) bond motifs is 1. The molecule has 31 heavy (non-hydrogen) atoms. The summed E-state index contributed by atoms with van der Waals surface area (Å²) in [7, 11) is -2.09. The fraction of sp³-hybridized carbons (Fsp3) is 0.0345. The standard InChI is InChI=1S/C29H24P.BrH/c1-23-21-22-24-13-11-12-20-28(24)29(23)30(25-14-5-2-6-15-25,26-16-7-3-8-17-26)27-18-9-4-10-19-27;/h2-22H,1H3;1H/q+1;/p-1. The minimum Gasteiger partial charge on any atom is -1.00 e. The maximum Gasteiger partial charge on any atom is 0.145 e. The van der Waals surface area contributed by atoms with Gasteiger partial charge in [-0.25, -0.2) is 0 Å². The Labute approximate surface area is 195 Å². The van der Waals surface area contributed by atoms with Crippen molar-refractivity contribution in [3.05, 3.63) is 133 Å². The monoisotopic (exact) mass is 482 g/mol. The summed E-state index contributed by atoms with van der Waals surface area (Å²) < 4.78 is 0. The molecule has 0 amide bonds. The molecule has 5 aromatic carbocycles. The van der Waals surface area contributed by atoms with Crippen LogP contribution in [-0.2, 0) is 0 Å². The Morgan fingerprint density at radius 3 is 1.35 bits per heavy atom. The van der Waals surface area contributed by atoms with Crippen LogP contribution in [0.3, 0.4) is 0 Å². The van der Waals surface area contributed by atoms with E-state index in [2.05, 4.69) is 134 Å². The van der Waals surface area contributed by atoms with E-state index in [1.54, 1.807) is 0 Å². The van der Waals surface area contributed by atoms with Gasteiger partial charge in [0.1, 0.15) is 28.5 Å². The third kappa shape index (κ3) is 3.63. The van der Waals surface area contributed by atoms with Crippen LogP contribution < -0.4 is 38.2 Å². The van der Waals surface area contributed by atoms with Gasteiger partial charge in [0.05, 0.1) is 0 Å². The van der Waals surface area contributed by atoms with Crippen molar-refractivity contribution in [1.29, 1.82) is 0 Å². The molecule has 0 spiro atoms. The molecule has 0 atom stereocenters. The second-order valence-electron chi connectivity index (χ2n) is 7.63. The molecule has 5 rings (SSSR count). The predicted molar refractivity (Wildman–Crippen MR) is 133 cm³/mol. The van der Waals surface area contributed by atoms with Crippen LogP contribution in [0.1, 0.15) is 5.56 Å². The van der Waals surface area contributed by atoms with Crippen molar-refractivity contribution >= 4 is 39.3 Å². The zero-order chi connectivity index (χ0) is 20.4. The summed E-state index contributed by atoms with van der Waals surface area (Å²) in [4.78, 5) is 0. The van der Waals surface area contributed by atoms with Crippen LogP contribution in [0.5, 0.6) is 0 Å². The van der Waals surface area contributed by atoms with E-state index in [0.29, 0.717) is 0 Å². The minimum absolute atomic E-state index is 0. The average Bonchev–Trinajstić information content (AvgIpc) is 2.83. The molecule has 0 radical (unpaired) electrons. The molecule has 0 saturated heterocycles. The van der Waals surface area contributed by atoms with E-state index in [0.717, 1.165) is 0 Å². The first kappa shape index (κ1) is 21.5. The lowest BCUT2D eigenvalue weighted by molar-refractivity contribution is -0.00000572. The van der Waals surface area contributed by atoms with Crippen LogP contribution in [0.25, 0.3) is 10.8 Å². The van der Waals surface area contributed by atoms with Gasteiger partial charge in [-0.1, -0.05) is 91.0 Å². The number of aryl methyl sites for hydroxylation is 1. The minimum atomic E-state index is -2.09. The number of benzene rings is 5. The zero-order valence-corrected chi connectivity index (χ0v) is 19.9. The highest BCUT2D eigenvalue weighted by Crippen LogP contribution is 2.56. The van der Waals surface area contributed by atoms with Gasteiger partial charge in [0.25, 0.3) is 0 Å². The van der Waals surface area contributed by atoms with Crippen LogP contribution in [0.15, 0.2) is 127 Å². The van der Waals surface area contributed by atoms with Gasteiger partial charge in [0.2, 0.25) is 0 Å². The van der Waals surface area contributed by atoms with Crippen molar-refractivity contribution in [3.8, 4) is 0 Å². The number of rotatable bonds is 4. The highest BCUT2D eigenvalue weighted by Gasteiger charge is 2.49. The first-order chi connectivity index (χ1) is 14.8. The maximum atomic E-state index is 2.31. The Bertz CT molecular complexity index is 1190. The summed E-state index contributed by atoms with van der Waals surface area (Å²) in [6.45, 7) is 2.27. The summed E-state index contributed by atoms with van der Waals surface area (Å²) in [6.07, 6.45) is 0. The third-order valence-corrected chi connectivity index (χ3v) is 10.4. The summed E-state index contributed by atoms with van der Waals surface area (Å²) in [5.74, 6) is 0. The van der Waals surface area contributed by atoms with Crippen molar-refractivity contribution < 1.29 is 17.0 Å². The van der Waals surface area contributed by atoms with Gasteiger partial charge in [-0.15, -0.1) is 0 Å². The lowest BCUT2D eigenvalue weighted by Crippen LogP contribution is -3.00. The maximum absolute atomic E-state index is 2.31. The Balaban J connectivity index is 0.00000231. The SMILES string of the molecule is Cc1ccc2ccccc2c1[P+](c1ccccc1)(c1ccccc1)c1ccccc1.[Br-]. The Morgan fingerprint density at radius 1 is 0.452 bits per heavy atom. The number of hydrogen-bond donors (Lipinski definition) is 0. The molecule has 0 bridgehead atoms. The third-order valence-electron chi connectivity index (χ3n) is 5.87. The molecule has 0 unspecified atom stereocenters. The summed E-state index contributed by atoms with van der Waals surface area (Å²) in [5.41, 5.74) is 1.35. The van der Waals surface area contributed by atoms with E-state index in [-0.39, 0.29) is 17.0 Å². The molecule has 0 saturated carbocycles. The summed E-state index contributed by atoms with van der Waals surface area (Å²) in [6, 6.07) is 46.7. The predicted octanol–water partition coefficient (Wildman–Crippen LogP) is 2.77. The molecule has 0 aliphatic carbocycles. The van der Waals surface area contributed by atoms with E-state index in [1.165, 1.54) is 37.6 Å². The fourth-order valence-electron chi connectivity index (χ4n) is 4.60. The van der Waals surface area contributed by atoms with Gasteiger partial charge < -0.3 is 17.0 Å². The van der Waals surface area contributed by atoms with Crippen LogP contribution in [0.4, 0.5) is 0 Å². The first-order valence-corrected chi connectivity index (χ1v) is 12.2. The fourth-order valence-corrected chi connectivity index (χ4v) is 9.29. The van der Waals surface area contributed by atoms with Crippen LogP contribution in [-0.4, -0.2) is 0 Å². The van der Waals surface area contributed by atoms with Crippen molar-refractivity contribution in [2.45, 2.75) is 6.92 Å². The normalized spacial score (nSPS) is 11.1. The van der Waals surface area contributed by atoms with E-state index in [9.17, 15) is 0 Å². The van der Waals surface area contributed by atoms with Crippen molar-refractivity contribution in [2.24, 2.45) is 0 Å². The van der Waals surface area contributed by atoms with Crippen molar-refractivity contribution in [2.75, 3.05) is 0 Å². The average molecular weight is 483 g/mol. The second-order valence-corrected chi connectivity index (χ2v) is 11.0. The van der Waals surface area contributed by atoms with Crippen molar-refractivity contribution in [1.82, 2.24) is 0 Å². The van der Waals surface area contributed by atoms with Crippen LogP contribution in [0, 0.1) is 6.92 Å². The second kappa shape index (κ2) is 9.18. The molecule has 5 aromatic rings. The van der Waals surface area contributed by atoms with E-state index >= 15 is 0 Å². The van der Waals surface area contributed by atoms with Gasteiger partial charge in [-0.2, -0.15) is 0 Å². The van der Waals surface area contributed by atoms with Crippen molar-refractivity contribution in [3.63, 3.8) is 0 Å². The highest BCUT2D eigenvalue weighted by molar-refractivity contribution is 8.02.